The van der Waals surface area contributed by atoms with Crippen molar-refractivity contribution in [1.29, 1.82) is 0 Å². The fraction of sp³-hybridized carbons (Fsp3) is 0.632. The molecule has 0 bridgehead atoms. The van der Waals surface area contributed by atoms with Crippen molar-refractivity contribution >= 4 is 29.9 Å². The molecule has 25 heavy (non-hydrogen) atoms. The van der Waals surface area contributed by atoms with E-state index in [1.165, 1.54) is 32.1 Å². The number of rotatable bonds is 5. The third kappa shape index (κ3) is 5.66. The highest BCUT2D eigenvalue weighted by atomic mass is 127. The molecule has 0 spiro atoms. The molecule has 0 amide bonds. The highest BCUT2D eigenvalue weighted by Gasteiger charge is 2.18. The first-order valence-electron chi connectivity index (χ1n) is 9.14. The highest BCUT2D eigenvalue weighted by molar-refractivity contribution is 14.0. The van der Waals surface area contributed by atoms with E-state index >= 15 is 0 Å². The molecule has 5 nitrogen and oxygen atoms in total. The number of benzene rings is 1. The zero-order valence-electron chi connectivity index (χ0n) is 15.1. The van der Waals surface area contributed by atoms with Gasteiger partial charge in [-0.2, -0.15) is 0 Å². The first-order chi connectivity index (χ1) is 11.8. The molecule has 0 aromatic heterocycles. The summed E-state index contributed by atoms with van der Waals surface area (Å²) in [6.45, 7) is 2.61. The van der Waals surface area contributed by atoms with Crippen molar-refractivity contribution < 1.29 is 9.47 Å². The van der Waals surface area contributed by atoms with E-state index in [2.05, 4.69) is 16.0 Å². The maximum atomic E-state index is 6.13. The van der Waals surface area contributed by atoms with Crippen LogP contribution in [0.5, 0.6) is 11.5 Å². The van der Waals surface area contributed by atoms with Crippen molar-refractivity contribution in [3.05, 3.63) is 23.8 Å². The third-order valence-electron chi connectivity index (χ3n) is 4.93. The number of methoxy groups -OCH3 is 1. The van der Waals surface area contributed by atoms with Gasteiger partial charge < -0.3 is 20.1 Å². The second-order valence-corrected chi connectivity index (χ2v) is 6.73. The van der Waals surface area contributed by atoms with E-state index < -0.39 is 0 Å². The van der Waals surface area contributed by atoms with Gasteiger partial charge in [-0.15, -0.1) is 24.0 Å². The number of nitrogens with zero attached hydrogens (tertiary/aromatic N) is 2. The first kappa shape index (κ1) is 20.1. The van der Waals surface area contributed by atoms with Crippen molar-refractivity contribution in [2.45, 2.75) is 57.6 Å². The molecule has 1 aromatic rings. The van der Waals surface area contributed by atoms with Gasteiger partial charge in [-0.3, -0.25) is 0 Å². The Bertz CT molecular complexity index is 568. The van der Waals surface area contributed by atoms with Gasteiger partial charge in [-0.1, -0.05) is 6.07 Å². The minimum Gasteiger partial charge on any atom is -0.493 e. The maximum absolute atomic E-state index is 6.13. The second kappa shape index (κ2) is 10.1. The summed E-state index contributed by atoms with van der Waals surface area (Å²) in [6, 6.07) is 6.07. The summed E-state index contributed by atoms with van der Waals surface area (Å²) in [5, 5.41) is 0. The van der Waals surface area contributed by atoms with Crippen LogP contribution in [-0.2, 0) is 6.54 Å². The second-order valence-electron chi connectivity index (χ2n) is 6.73. The predicted molar refractivity (Wildman–Crippen MR) is 112 cm³/mol. The number of hydrogen-bond donors (Lipinski definition) is 1. The number of aliphatic imine (C=N–C) groups is 1. The Labute approximate surface area is 168 Å². The fourth-order valence-corrected chi connectivity index (χ4v) is 3.49. The zero-order chi connectivity index (χ0) is 16.8. The molecule has 1 heterocycles. The normalized spacial score (nSPS) is 18.8. The van der Waals surface area contributed by atoms with Crippen LogP contribution in [0.25, 0.3) is 0 Å². The Kier molecular flexibility index (Phi) is 8.12. The molecule has 2 aliphatic rings. The van der Waals surface area contributed by atoms with Crippen LogP contribution in [0.15, 0.2) is 23.2 Å². The van der Waals surface area contributed by atoms with Crippen LogP contribution in [0.1, 0.15) is 50.5 Å². The average molecular weight is 459 g/mol. The Morgan fingerprint density at radius 2 is 1.84 bits per heavy atom. The summed E-state index contributed by atoms with van der Waals surface area (Å²) in [4.78, 5) is 6.73. The number of guanidine groups is 1. The van der Waals surface area contributed by atoms with Gasteiger partial charge in [0.15, 0.2) is 17.5 Å². The van der Waals surface area contributed by atoms with E-state index in [1.54, 1.807) is 7.11 Å². The number of halogens is 1. The van der Waals surface area contributed by atoms with Gasteiger partial charge in [0, 0.05) is 13.1 Å². The number of piperidine rings is 1. The standard InChI is InChI=1S/C19H29N3O2.HI/c1-23-18-13-15(9-10-17(18)24-16-7-3-4-8-16)14-21-19(20)22-11-5-2-6-12-22;/h9-10,13,16H,2-8,11-12,14H2,1H3,(H2,20,21);1H. The van der Waals surface area contributed by atoms with Gasteiger partial charge in [0.05, 0.1) is 19.8 Å². The lowest BCUT2D eigenvalue weighted by Gasteiger charge is -2.27. The van der Waals surface area contributed by atoms with Gasteiger partial charge in [0.2, 0.25) is 0 Å². The number of nitrogens with two attached hydrogens (primary N) is 1. The monoisotopic (exact) mass is 459 g/mol. The van der Waals surface area contributed by atoms with Crippen LogP contribution in [-0.4, -0.2) is 37.2 Å². The van der Waals surface area contributed by atoms with Gasteiger partial charge in [-0.05, 0) is 62.6 Å². The molecule has 1 aromatic carbocycles. The average Bonchev–Trinajstić information content (AvgIpc) is 3.14. The van der Waals surface area contributed by atoms with Crippen LogP contribution in [0.2, 0.25) is 0 Å². The van der Waals surface area contributed by atoms with E-state index in [9.17, 15) is 0 Å². The fourth-order valence-electron chi connectivity index (χ4n) is 3.49. The Balaban J connectivity index is 0.00000225. The maximum Gasteiger partial charge on any atom is 0.191 e. The lowest BCUT2D eigenvalue weighted by Crippen LogP contribution is -2.40. The first-order valence-corrected chi connectivity index (χ1v) is 9.14. The van der Waals surface area contributed by atoms with Crippen LogP contribution in [0, 0.1) is 0 Å². The molecule has 140 valence electrons. The van der Waals surface area contributed by atoms with Crippen molar-refractivity contribution in [3.63, 3.8) is 0 Å². The number of ether oxygens (including phenoxy) is 2. The quantitative estimate of drug-likeness (QED) is 0.412. The van der Waals surface area contributed by atoms with E-state index in [-0.39, 0.29) is 24.0 Å². The molecular formula is C19H30IN3O2. The van der Waals surface area contributed by atoms with Gasteiger partial charge in [0.1, 0.15) is 0 Å². The Morgan fingerprint density at radius 1 is 1.12 bits per heavy atom. The van der Waals surface area contributed by atoms with Gasteiger partial charge in [-0.25, -0.2) is 4.99 Å². The van der Waals surface area contributed by atoms with E-state index in [0.29, 0.717) is 18.6 Å². The summed E-state index contributed by atoms with van der Waals surface area (Å²) in [7, 11) is 1.69. The summed E-state index contributed by atoms with van der Waals surface area (Å²) < 4.78 is 11.6. The lowest BCUT2D eigenvalue weighted by molar-refractivity contribution is 0.200. The zero-order valence-corrected chi connectivity index (χ0v) is 17.4. The number of hydrogen-bond acceptors (Lipinski definition) is 3. The predicted octanol–water partition coefficient (Wildman–Crippen LogP) is 3.94. The molecule has 3 rings (SSSR count). The largest absolute Gasteiger partial charge is 0.493 e. The summed E-state index contributed by atoms with van der Waals surface area (Å²) in [6.07, 6.45) is 8.84. The highest BCUT2D eigenvalue weighted by Crippen LogP contribution is 2.32. The van der Waals surface area contributed by atoms with Crippen molar-refractivity contribution in [2.75, 3.05) is 20.2 Å². The molecule has 1 aliphatic carbocycles. The molecule has 1 aliphatic heterocycles. The molecule has 0 unspecified atom stereocenters. The van der Waals surface area contributed by atoms with Gasteiger partial charge >= 0.3 is 0 Å². The van der Waals surface area contributed by atoms with Gasteiger partial charge in [0.25, 0.3) is 0 Å². The minimum absolute atomic E-state index is 0. The van der Waals surface area contributed by atoms with E-state index in [1.807, 2.05) is 12.1 Å². The molecule has 2 N–H and O–H groups in total. The molecule has 2 fully saturated rings. The summed E-state index contributed by atoms with van der Waals surface area (Å²) >= 11 is 0. The van der Waals surface area contributed by atoms with Crippen LogP contribution in [0.3, 0.4) is 0 Å². The van der Waals surface area contributed by atoms with Crippen LogP contribution >= 0.6 is 24.0 Å². The SMILES string of the molecule is COc1cc(CN=C(N)N2CCCCC2)ccc1OC1CCCC1.I. The van der Waals surface area contributed by atoms with Crippen molar-refractivity contribution in [3.8, 4) is 11.5 Å². The topological polar surface area (TPSA) is 60.1 Å². The molecule has 0 atom stereocenters. The summed E-state index contributed by atoms with van der Waals surface area (Å²) in [5.74, 6) is 2.27. The lowest BCUT2D eigenvalue weighted by atomic mass is 10.1. The van der Waals surface area contributed by atoms with Crippen molar-refractivity contribution in [1.82, 2.24) is 4.90 Å². The molecule has 1 saturated carbocycles. The number of likely N-dealkylation sites (tertiary alicyclic amines) is 1. The minimum atomic E-state index is 0. The van der Waals surface area contributed by atoms with Crippen molar-refractivity contribution in [2.24, 2.45) is 10.7 Å². The Morgan fingerprint density at radius 3 is 2.52 bits per heavy atom. The smallest absolute Gasteiger partial charge is 0.191 e. The van der Waals surface area contributed by atoms with Crippen LogP contribution < -0.4 is 15.2 Å². The molecule has 1 saturated heterocycles. The third-order valence-corrected chi connectivity index (χ3v) is 4.93. The Hall–Kier alpha value is -1.18. The molecular weight excluding hydrogens is 429 g/mol. The van der Waals surface area contributed by atoms with E-state index in [0.717, 1.165) is 43.0 Å². The van der Waals surface area contributed by atoms with Crippen LogP contribution in [0.4, 0.5) is 0 Å². The summed E-state index contributed by atoms with van der Waals surface area (Å²) in [5.41, 5.74) is 7.21. The molecule has 6 heteroatoms. The molecule has 0 radical (unpaired) electrons. The van der Waals surface area contributed by atoms with E-state index in [4.69, 9.17) is 15.2 Å².